The van der Waals surface area contributed by atoms with E-state index in [2.05, 4.69) is 10.3 Å². The molecule has 1 aromatic heterocycles. The van der Waals surface area contributed by atoms with Crippen LogP contribution in [-0.2, 0) is 11.2 Å². The van der Waals surface area contributed by atoms with Crippen LogP contribution in [0, 0.1) is 0 Å². The zero-order chi connectivity index (χ0) is 12.4. The third kappa shape index (κ3) is 3.07. The molecule has 0 aromatic carbocycles. The fourth-order valence-corrected chi connectivity index (χ4v) is 2.69. The lowest BCUT2D eigenvalue weighted by Crippen LogP contribution is -2.34. The average molecular weight is 290 g/mol. The number of aromatic nitrogens is 1. The highest BCUT2D eigenvalue weighted by molar-refractivity contribution is 7.17. The molecule has 0 saturated carbocycles. The minimum absolute atomic E-state index is 0. The van der Waals surface area contributed by atoms with Crippen molar-refractivity contribution in [2.75, 3.05) is 5.32 Å². The molecule has 100 valence electrons. The summed E-state index contributed by atoms with van der Waals surface area (Å²) in [5, 5.41) is 3.15. The van der Waals surface area contributed by atoms with Crippen molar-refractivity contribution in [1.29, 1.82) is 0 Å². The number of nitrogens with zero attached hydrogens (tertiary/aromatic N) is 1. The van der Waals surface area contributed by atoms with Gasteiger partial charge in [-0.25, -0.2) is 4.98 Å². The number of fused-ring (bicyclic) bond motifs is 1. The standard InChI is InChI=1S/C11H15N3O2S.ClH/c1-2-6(12)10(16)14-11-13-7-4-3-5-8(15)9(7)17-11;/h6H,2-5,12H2,1H3,(H,13,14,16);1H. The molecule has 5 nitrogen and oxygen atoms in total. The molecule has 1 aromatic rings. The Labute approximate surface area is 116 Å². The van der Waals surface area contributed by atoms with Crippen molar-refractivity contribution in [3.05, 3.63) is 10.6 Å². The van der Waals surface area contributed by atoms with Crippen LogP contribution in [-0.4, -0.2) is 22.7 Å². The van der Waals surface area contributed by atoms with Crippen molar-refractivity contribution < 1.29 is 9.59 Å². The molecule has 1 heterocycles. The number of halogens is 1. The first-order valence-corrected chi connectivity index (χ1v) is 6.52. The van der Waals surface area contributed by atoms with Crippen LogP contribution in [0.5, 0.6) is 0 Å². The molecule has 1 aliphatic carbocycles. The highest BCUT2D eigenvalue weighted by Gasteiger charge is 2.23. The minimum atomic E-state index is -0.522. The van der Waals surface area contributed by atoms with E-state index in [1.54, 1.807) is 0 Å². The summed E-state index contributed by atoms with van der Waals surface area (Å²) >= 11 is 1.25. The van der Waals surface area contributed by atoms with E-state index >= 15 is 0 Å². The Morgan fingerprint density at radius 1 is 1.56 bits per heavy atom. The van der Waals surface area contributed by atoms with Gasteiger partial charge in [0.2, 0.25) is 5.91 Å². The van der Waals surface area contributed by atoms with Gasteiger partial charge in [-0.2, -0.15) is 0 Å². The normalized spacial score (nSPS) is 15.6. The number of amides is 1. The third-order valence-electron chi connectivity index (χ3n) is 2.77. The van der Waals surface area contributed by atoms with E-state index in [-0.39, 0.29) is 24.1 Å². The summed E-state index contributed by atoms with van der Waals surface area (Å²) in [6.07, 6.45) is 2.82. The summed E-state index contributed by atoms with van der Waals surface area (Å²) < 4.78 is 0. The summed E-state index contributed by atoms with van der Waals surface area (Å²) in [6.45, 7) is 1.85. The van der Waals surface area contributed by atoms with Gasteiger partial charge in [0.05, 0.1) is 16.6 Å². The summed E-state index contributed by atoms with van der Waals surface area (Å²) in [4.78, 5) is 28.2. The lowest BCUT2D eigenvalue weighted by molar-refractivity contribution is -0.117. The molecule has 1 unspecified atom stereocenters. The number of nitrogens with two attached hydrogens (primary N) is 1. The molecule has 0 bridgehead atoms. The molecule has 1 aliphatic rings. The van der Waals surface area contributed by atoms with Crippen LogP contribution >= 0.6 is 23.7 Å². The highest BCUT2D eigenvalue weighted by Crippen LogP contribution is 2.29. The number of nitrogens with one attached hydrogen (secondary N) is 1. The van der Waals surface area contributed by atoms with Crippen molar-refractivity contribution in [1.82, 2.24) is 4.98 Å². The van der Waals surface area contributed by atoms with E-state index in [9.17, 15) is 9.59 Å². The fourth-order valence-electron chi connectivity index (χ4n) is 1.71. The van der Waals surface area contributed by atoms with Crippen molar-refractivity contribution in [2.24, 2.45) is 5.73 Å². The third-order valence-corrected chi connectivity index (χ3v) is 3.83. The maximum absolute atomic E-state index is 11.6. The molecule has 0 spiro atoms. The number of hydrogen-bond donors (Lipinski definition) is 2. The molecule has 2 rings (SSSR count). The number of anilines is 1. The van der Waals surface area contributed by atoms with Gasteiger partial charge in [-0.15, -0.1) is 12.4 Å². The first-order chi connectivity index (χ1) is 8.11. The zero-order valence-corrected chi connectivity index (χ0v) is 11.7. The van der Waals surface area contributed by atoms with Gasteiger partial charge in [0.15, 0.2) is 10.9 Å². The summed E-state index contributed by atoms with van der Waals surface area (Å²) in [5.41, 5.74) is 6.42. The molecule has 0 aliphatic heterocycles. The minimum Gasteiger partial charge on any atom is -0.320 e. The van der Waals surface area contributed by atoms with Crippen molar-refractivity contribution in [2.45, 2.75) is 38.6 Å². The molecular formula is C11H16ClN3O2S. The predicted octanol–water partition coefficient (Wildman–Crippen LogP) is 1.76. The molecule has 0 fully saturated rings. The number of carbonyl (C=O) groups excluding carboxylic acids is 2. The van der Waals surface area contributed by atoms with Crippen LogP contribution in [0.4, 0.5) is 5.13 Å². The van der Waals surface area contributed by atoms with Gasteiger partial charge in [0, 0.05) is 6.42 Å². The molecule has 0 saturated heterocycles. The van der Waals surface area contributed by atoms with Gasteiger partial charge in [-0.05, 0) is 19.3 Å². The summed E-state index contributed by atoms with van der Waals surface area (Å²) in [5.74, 6) is -0.116. The Morgan fingerprint density at radius 3 is 2.89 bits per heavy atom. The zero-order valence-electron chi connectivity index (χ0n) is 10.1. The Balaban J connectivity index is 0.00000162. The molecule has 7 heteroatoms. The Hall–Kier alpha value is -0.980. The van der Waals surface area contributed by atoms with Gasteiger partial charge in [-0.3, -0.25) is 9.59 Å². The molecule has 1 amide bonds. The number of thiazole rings is 1. The molecule has 1 atom stereocenters. The topological polar surface area (TPSA) is 85.1 Å². The van der Waals surface area contributed by atoms with E-state index in [0.29, 0.717) is 22.9 Å². The van der Waals surface area contributed by atoms with Crippen LogP contribution < -0.4 is 11.1 Å². The van der Waals surface area contributed by atoms with Crippen LogP contribution in [0.2, 0.25) is 0 Å². The maximum atomic E-state index is 11.6. The van der Waals surface area contributed by atoms with Crippen molar-refractivity contribution >= 4 is 40.6 Å². The largest absolute Gasteiger partial charge is 0.320 e. The first-order valence-electron chi connectivity index (χ1n) is 5.71. The number of aryl methyl sites for hydroxylation is 1. The number of ketones is 1. The van der Waals surface area contributed by atoms with Crippen LogP contribution in [0.1, 0.15) is 41.6 Å². The van der Waals surface area contributed by atoms with Crippen molar-refractivity contribution in [3.8, 4) is 0 Å². The Bertz CT molecular complexity index is 461. The van der Waals surface area contributed by atoms with E-state index in [0.717, 1.165) is 18.5 Å². The quantitative estimate of drug-likeness (QED) is 0.888. The van der Waals surface area contributed by atoms with E-state index < -0.39 is 6.04 Å². The maximum Gasteiger partial charge on any atom is 0.243 e. The monoisotopic (exact) mass is 289 g/mol. The SMILES string of the molecule is CCC(N)C(=O)Nc1nc2c(s1)C(=O)CCC2.Cl. The molecule has 0 radical (unpaired) electrons. The number of hydrogen-bond acceptors (Lipinski definition) is 5. The number of rotatable bonds is 3. The van der Waals surface area contributed by atoms with E-state index in [1.165, 1.54) is 11.3 Å². The highest BCUT2D eigenvalue weighted by atomic mass is 35.5. The Morgan fingerprint density at radius 2 is 2.28 bits per heavy atom. The predicted molar refractivity (Wildman–Crippen MR) is 73.5 cm³/mol. The second-order valence-electron chi connectivity index (χ2n) is 4.08. The lowest BCUT2D eigenvalue weighted by atomic mass is 10.0. The van der Waals surface area contributed by atoms with Crippen LogP contribution in [0.3, 0.4) is 0 Å². The van der Waals surface area contributed by atoms with Crippen LogP contribution in [0.25, 0.3) is 0 Å². The first kappa shape index (κ1) is 15.1. The van der Waals surface area contributed by atoms with E-state index in [1.807, 2.05) is 6.92 Å². The molecule has 18 heavy (non-hydrogen) atoms. The van der Waals surface area contributed by atoms with Gasteiger partial charge in [-0.1, -0.05) is 18.3 Å². The molecular weight excluding hydrogens is 274 g/mol. The van der Waals surface area contributed by atoms with Gasteiger partial charge in [0.1, 0.15) is 0 Å². The Kier molecular flexibility index (Phi) is 5.25. The lowest BCUT2D eigenvalue weighted by Gasteiger charge is -2.06. The van der Waals surface area contributed by atoms with Crippen LogP contribution in [0.15, 0.2) is 0 Å². The average Bonchev–Trinajstić information content (AvgIpc) is 2.72. The van der Waals surface area contributed by atoms with E-state index in [4.69, 9.17) is 5.73 Å². The second-order valence-corrected chi connectivity index (χ2v) is 5.07. The summed E-state index contributed by atoms with van der Waals surface area (Å²) in [7, 11) is 0. The van der Waals surface area contributed by atoms with Gasteiger partial charge >= 0.3 is 0 Å². The second kappa shape index (κ2) is 6.26. The summed E-state index contributed by atoms with van der Waals surface area (Å²) in [6, 6.07) is -0.522. The molecule has 3 N–H and O–H groups in total. The van der Waals surface area contributed by atoms with Gasteiger partial charge in [0.25, 0.3) is 0 Å². The van der Waals surface area contributed by atoms with Crippen molar-refractivity contribution in [3.63, 3.8) is 0 Å². The number of carbonyl (C=O) groups is 2. The number of Topliss-reactive ketones (excluding diaryl/α,β-unsaturated/α-hetero) is 1. The van der Waals surface area contributed by atoms with Gasteiger partial charge < -0.3 is 11.1 Å². The fraction of sp³-hybridized carbons (Fsp3) is 0.545. The smallest absolute Gasteiger partial charge is 0.243 e.